The standard InChI is InChI=1S/C12H23N3/c1-2-11(8-13-5-1)14-12-9-15-6-3-10(12)4-7-15/h10-14H,1-9H2. The highest BCUT2D eigenvalue weighted by Crippen LogP contribution is 2.28. The molecule has 0 spiro atoms. The predicted octanol–water partition coefficient (Wildman–Crippen LogP) is 0.422. The van der Waals surface area contributed by atoms with Gasteiger partial charge in [0.2, 0.25) is 0 Å². The molecule has 4 heterocycles. The molecule has 4 saturated heterocycles. The van der Waals surface area contributed by atoms with E-state index in [2.05, 4.69) is 15.5 Å². The zero-order chi connectivity index (χ0) is 10.1. The van der Waals surface area contributed by atoms with Gasteiger partial charge < -0.3 is 15.5 Å². The average molecular weight is 209 g/mol. The average Bonchev–Trinajstić information content (AvgIpc) is 2.32. The van der Waals surface area contributed by atoms with Crippen LogP contribution in [0, 0.1) is 5.92 Å². The minimum absolute atomic E-state index is 0.740. The molecule has 0 aromatic heterocycles. The van der Waals surface area contributed by atoms with E-state index in [9.17, 15) is 0 Å². The first kappa shape index (κ1) is 10.1. The molecule has 2 atom stereocenters. The Morgan fingerprint density at radius 3 is 2.60 bits per heavy atom. The summed E-state index contributed by atoms with van der Waals surface area (Å²) in [6, 6.07) is 1.53. The van der Waals surface area contributed by atoms with Gasteiger partial charge in [-0.15, -0.1) is 0 Å². The Morgan fingerprint density at radius 1 is 1.13 bits per heavy atom. The lowest BCUT2D eigenvalue weighted by Crippen LogP contribution is -2.59. The van der Waals surface area contributed by atoms with Crippen molar-refractivity contribution in [2.45, 2.75) is 37.8 Å². The summed E-state index contributed by atoms with van der Waals surface area (Å²) in [6.45, 7) is 6.42. The molecule has 4 rings (SSSR count). The van der Waals surface area contributed by atoms with Gasteiger partial charge in [0.1, 0.15) is 0 Å². The van der Waals surface area contributed by atoms with Crippen LogP contribution in [-0.4, -0.2) is 49.7 Å². The minimum atomic E-state index is 0.740. The van der Waals surface area contributed by atoms with Crippen molar-refractivity contribution in [3.63, 3.8) is 0 Å². The summed E-state index contributed by atoms with van der Waals surface area (Å²) in [6.07, 6.45) is 5.57. The van der Waals surface area contributed by atoms with Crippen LogP contribution in [0.5, 0.6) is 0 Å². The fraction of sp³-hybridized carbons (Fsp3) is 1.00. The molecule has 0 aliphatic carbocycles. The van der Waals surface area contributed by atoms with Gasteiger partial charge in [-0.1, -0.05) is 0 Å². The lowest BCUT2D eigenvalue weighted by molar-refractivity contribution is 0.0651. The van der Waals surface area contributed by atoms with Crippen molar-refractivity contribution < 1.29 is 0 Å². The van der Waals surface area contributed by atoms with Gasteiger partial charge in [0.15, 0.2) is 0 Å². The molecule has 0 aromatic carbocycles. The van der Waals surface area contributed by atoms with Crippen LogP contribution in [0.1, 0.15) is 25.7 Å². The van der Waals surface area contributed by atoms with Crippen LogP contribution < -0.4 is 10.6 Å². The molecule has 2 unspecified atom stereocenters. The van der Waals surface area contributed by atoms with E-state index in [1.807, 2.05) is 0 Å². The molecular formula is C12H23N3. The van der Waals surface area contributed by atoms with Gasteiger partial charge in [0.25, 0.3) is 0 Å². The molecule has 3 nitrogen and oxygen atoms in total. The van der Waals surface area contributed by atoms with E-state index < -0.39 is 0 Å². The van der Waals surface area contributed by atoms with Gasteiger partial charge in [0.05, 0.1) is 0 Å². The summed E-state index contributed by atoms with van der Waals surface area (Å²) < 4.78 is 0. The molecule has 0 radical (unpaired) electrons. The molecule has 0 amide bonds. The fourth-order valence-corrected chi connectivity index (χ4v) is 3.45. The Morgan fingerprint density at radius 2 is 2.00 bits per heavy atom. The molecule has 15 heavy (non-hydrogen) atoms. The van der Waals surface area contributed by atoms with Gasteiger partial charge in [-0.2, -0.15) is 0 Å². The van der Waals surface area contributed by atoms with E-state index >= 15 is 0 Å². The number of fused-ring (bicyclic) bond motifs is 3. The quantitative estimate of drug-likeness (QED) is 0.690. The van der Waals surface area contributed by atoms with Crippen LogP contribution >= 0.6 is 0 Å². The highest BCUT2D eigenvalue weighted by molar-refractivity contribution is 4.93. The number of rotatable bonds is 2. The van der Waals surface area contributed by atoms with E-state index in [1.54, 1.807) is 0 Å². The second-order valence-electron chi connectivity index (χ2n) is 5.45. The summed E-state index contributed by atoms with van der Waals surface area (Å²) in [5, 5.41) is 7.38. The first-order chi connectivity index (χ1) is 7.42. The molecule has 0 saturated carbocycles. The Hall–Kier alpha value is -0.120. The number of nitrogens with one attached hydrogen (secondary N) is 2. The molecule has 4 fully saturated rings. The lowest BCUT2D eigenvalue weighted by atomic mass is 9.83. The fourth-order valence-electron chi connectivity index (χ4n) is 3.45. The zero-order valence-corrected chi connectivity index (χ0v) is 9.54. The third kappa shape index (κ3) is 2.19. The van der Waals surface area contributed by atoms with Gasteiger partial charge in [-0.25, -0.2) is 0 Å². The van der Waals surface area contributed by atoms with Gasteiger partial charge in [-0.3, -0.25) is 0 Å². The summed E-state index contributed by atoms with van der Waals surface area (Å²) >= 11 is 0. The third-order valence-electron chi connectivity index (χ3n) is 4.40. The summed E-state index contributed by atoms with van der Waals surface area (Å²) in [5.74, 6) is 0.969. The van der Waals surface area contributed by atoms with E-state index in [1.165, 1.54) is 58.4 Å². The first-order valence-electron chi connectivity index (χ1n) is 6.61. The maximum Gasteiger partial charge on any atom is 0.0227 e. The van der Waals surface area contributed by atoms with Crippen molar-refractivity contribution in [1.82, 2.24) is 15.5 Å². The predicted molar refractivity (Wildman–Crippen MR) is 62.0 cm³/mol. The lowest BCUT2D eigenvalue weighted by Gasteiger charge is -2.46. The van der Waals surface area contributed by atoms with E-state index in [0.29, 0.717) is 0 Å². The van der Waals surface area contributed by atoms with Crippen LogP contribution in [0.4, 0.5) is 0 Å². The Bertz CT molecular complexity index is 205. The van der Waals surface area contributed by atoms with E-state index in [4.69, 9.17) is 0 Å². The molecule has 2 bridgehead atoms. The second kappa shape index (κ2) is 4.40. The summed E-state index contributed by atoms with van der Waals surface area (Å²) in [5.41, 5.74) is 0. The van der Waals surface area contributed by atoms with Crippen molar-refractivity contribution in [2.24, 2.45) is 5.92 Å². The SMILES string of the molecule is C1CNCC(NC2CN3CCC2CC3)C1. The normalized spacial score (nSPS) is 45.6. The monoisotopic (exact) mass is 209 g/mol. The Balaban J connectivity index is 1.54. The van der Waals surface area contributed by atoms with Crippen molar-refractivity contribution in [1.29, 1.82) is 0 Å². The number of piperidine rings is 4. The molecule has 86 valence electrons. The van der Waals surface area contributed by atoms with Crippen LogP contribution in [-0.2, 0) is 0 Å². The molecular weight excluding hydrogens is 186 g/mol. The number of hydrogen-bond acceptors (Lipinski definition) is 3. The summed E-state index contributed by atoms with van der Waals surface area (Å²) in [4.78, 5) is 2.63. The molecule has 4 aliphatic heterocycles. The van der Waals surface area contributed by atoms with Crippen LogP contribution in [0.25, 0.3) is 0 Å². The van der Waals surface area contributed by atoms with Crippen molar-refractivity contribution in [2.75, 3.05) is 32.7 Å². The molecule has 0 aromatic rings. The van der Waals surface area contributed by atoms with E-state index in [0.717, 1.165) is 18.0 Å². The second-order valence-corrected chi connectivity index (χ2v) is 5.45. The van der Waals surface area contributed by atoms with Gasteiger partial charge in [0, 0.05) is 25.2 Å². The minimum Gasteiger partial charge on any atom is -0.315 e. The van der Waals surface area contributed by atoms with Crippen molar-refractivity contribution in [3.8, 4) is 0 Å². The van der Waals surface area contributed by atoms with Crippen LogP contribution in [0.15, 0.2) is 0 Å². The number of nitrogens with zero attached hydrogens (tertiary/aromatic N) is 1. The Labute approximate surface area is 92.6 Å². The highest BCUT2D eigenvalue weighted by Gasteiger charge is 2.34. The third-order valence-corrected chi connectivity index (χ3v) is 4.40. The van der Waals surface area contributed by atoms with Gasteiger partial charge >= 0.3 is 0 Å². The highest BCUT2D eigenvalue weighted by atomic mass is 15.2. The maximum absolute atomic E-state index is 3.89. The zero-order valence-electron chi connectivity index (χ0n) is 9.54. The maximum atomic E-state index is 3.89. The van der Waals surface area contributed by atoms with Crippen molar-refractivity contribution in [3.05, 3.63) is 0 Å². The van der Waals surface area contributed by atoms with Crippen LogP contribution in [0.2, 0.25) is 0 Å². The molecule has 3 heteroatoms. The first-order valence-corrected chi connectivity index (χ1v) is 6.61. The van der Waals surface area contributed by atoms with Gasteiger partial charge in [-0.05, 0) is 51.2 Å². The topological polar surface area (TPSA) is 27.3 Å². The summed E-state index contributed by atoms with van der Waals surface area (Å²) in [7, 11) is 0. The smallest absolute Gasteiger partial charge is 0.0227 e. The van der Waals surface area contributed by atoms with E-state index in [-0.39, 0.29) is 0 Å². The van der Waals surface area contributed by atoms with Crippen molar-refractivity contribution >= 4 is 0 Å². The largest absolute Gasteiger partial charge is 0.315 e. The molecule has 2 N–H and O–H groups in total. The van der Waals surface area contributed by atoms with Crippen LogP contribution in [0.3, 0.4) is 0 Å². The molecule has 4 aliphatic rings. The Kier molecular flexibility index (Phi) is 2.95. The number of hydrogen-bond donors (Lipinski definition) is 2.